The number of aromatic nitrogens is 2. The molecule has 0 amide bonds. The Morgan fingerprint density at radius 1 is 1.04 bits per heavy atom. The van der Waals surface area contributed by atoms with Crippen LogP contribution in [0.2, 0.25) is 0 Å². The summed E-state index contributed by atoms with van der Waals surface area (Å²) in [6.07, 6.45) is 1.24. The van der Waals surface area contributed by atoms with Crippen molar-refractivity contribution in [3.8, 4) is 0 Å². The molecule has 1 saturated heterocycles. The molecule has 1 aliphatic rings. The van der Waals surface area contributed by atoms with Gasteiger partial charge in [0.15, 0.2) is 0 Å². The number of para-hydroxylation sites is 2. The summed E-state index contributed by atoms with van der Waals surface area (Å²) >= 11 is 6.13. The van der Waals surface area contributed by atoms with Crippen molar-refractivity contribution in [2.24, 2.45) is 5.92 Å². The van der Waals surface area contributed by atoms with Crippen LogP contribution < -0.4 is 0 Å². The highest BCUT2D eigenvalue weighted by Gasteiger charge is 2.24. The lowest BCUT2D eigenvalue weighted by Crippen LogP contribution is -2.21. The molecule has 0 N–H and O–H groups in total. The van der Waals surface area contributed by atoms with Crippen molar-refractivity contribution in [2.45, 2.75) is 25.4 Å². The molecule has 4 heteroatoms. The summed E-state index contributed by atoms with van der Waals surface area (Å²) in [5, 5.41) is 0. The first-order chi connectivity index (χ1) is 11.8. The quantitative estimate of drug-likeness (QED) is 0.646. The number of imidazole rings is 1. The van der Waals surface area contributed by atoms with Gasteiger partial charge in [0.25, 0.3) is 0 Å². The first-order valence-electron chi connectivity index (χ1n) is 8.60. The van der Waals surface area contributed by atoms with E-state index in [9.17, 15) is 0 Å². The van der Waals surface area contributed by atoms with E-state index in [1.807, 2.05) is 6.07 Å². The summed E-state index contributed by atoms with van der Waals surface area (Å²) < 4.78 is 2.32. The second-order valence-corrected chi connectivity index (χ2v) is 6.90. The molecule has 0 saturated carbocycles. The van der Waals surface area contributed by atoms with Gasteiger partial charge >= 0.3 is 0 Å². The van der Waals surface area contributed by atoms with E-state index in [4.69, 9.17) is 11.6 Å². The average molecular weight is 340 g/mol. The number of nitrogens with zero attached hydrogens (tertiary/aromatic N) is 3. The van der Waals surface area contributed by atoms with Gasteiger partial charge in [-0.1, -0.05) is 42.5 Å². The molecule has 24 heavy (non-hydrogen) atoms. The van der Waals surface area contributed by atoms with Crippen LogP contribution in [-0.4, -0.2) is 27.5 Å². The van der Waals surface area contributed by atoms with Gasteiger partial charge in [-0.05, 0) is 36.6 Å². The first kappa shape index (κ1) is 15.7. The van der Waals surface area contributed by atoms with Crippen LogP contribution in [0.4, 0.5) is 0 Å². The van der Waals surface area contributed by atoms with Crippen LogP contribution in [-0.2, 0) is 19.0 Å². The molecular formula is C20H22ClN3. The molecule has 3 nitrogen and oxygen atoms in total. The number of halogens is 1. The van der Waals surface area contributed by atoms with Gasteiger partial charge < -0.3 is 4.57 Å². The van der Waals surface area contributed by atoms with Crippen molar-refractivity contribution in [3.05, 3.63) is 66.0 Å². The SMILES string of the molecule is ClCc1nc2ccccc2n1CC1CCN(Cc2ccccc2)C1. The van der Waals surface area contributed by atoms with Gasteiger partial charge in [0.05, 0.1) is 16.9 Å². The van der Waals surface area contributed by atoms with Gasteiger partial charge in [-0.2, -0.15) is 0 Å². The Hall–Kier alpha value is -1.84. The fourth-order valence-electron chi connectivity index (χ4n) is 3.74. The molecule has 0 radical (unpaired) electrons. The van der Waals surface area contributed by atoms with Crippen LogP contribution in [0.15, 0.2) is 54.6 Å². The highest BCUT2D eigenvalue weighted by molar-refractivity contribution is 6.16. The molecule has 0 bridgehead atoms. The highest BCUT2D eigenvalue weighted by Crippen LogP contribution is 2.24. The van der Waals surface area contributed by atoms with E-state index in [-0.39, 0.29) is 0 Å². The largest absolute Gasteiger partial charge is 0.327 e. The fourth-order valence-corrected chi connectivity index (χ4v) is 3.94. The minimum Gasteiger partial charge on any atom is -0.327 e. The number of hydrogen-bond acceptors (Lipinski definition) is 2. The molecule has 1 aliphatic heterocycles. The third-order valence-corrected chi connectivity index (χ3v) is 5.15. The molecule has 0 spiro atoms. The molecule has 3 aromatic rings. The third kappa shape index (κ3) is 3.19. The lowest BCUT2D eigenvalue weighted by atomic mass is 10.1. The molecule has 1 atom stereocenters. The summed E-state index contributed by atoms with van der Waals surface area (Å²) in [6.45, 7) is 4.36. The second-order valence-electron chi connectivity index (χ2n) is 6.64. The topological polar surface area (TPSA) is 21.1 Å². The monoisotopic (exact) mass is 339 g/mol. The minimum absolute atomic E-state index is 0.467. The zero-order valence-corrected chi connectivity index (χ0v) is 14.5. The maximum atomic E-state index is 6.13. The summed E-state index contributed by atoms with van der Waals surface area (Å²) in [5.74, 6) is 2.11. The molecular weight excluding hydrogens is 318 g/mol. The molecule has 0 aliphatic carbocycles. The maximum Gasteiger partial charge on any atom is 0.124 e. The molecule has 1 aromatic heterocycles. The van der Waals surface area contributed by atoms with Gasteiger partial charge in [-0.3, -0.25) is 4.90 Å². The number of fused-ring (bicyclic) bond motifs is 1. The van der Waals surface area contributed by atoms with E-state index in [0.29, 0.717) is 11.8 Å². The maximum absolute atomic E-state index is 6.13. The van der Waals surface area contributed by atoms with Gasteiger partial charge in [-0.25, -0.2) is 4.98 Å². The van der Waals surface area contributed by atoms with Gasteiger partial charge in [0, 0.05) is 19.6 Å². The lowest BCUT2D eigenvalue weighted by molar-refractivity contribution is 0.309. The normalized spacial score (nSPS) is 18.5. The Bertz CT molecular complexity index is 812. The van der Waals surface area contributed by atoms with Crippen molar-refractivity contribution in [3.63, 3.8) is 0 Å². The Labute approximate surface area is 147 Å². The number of benzene rings is 2. The standard InChI is InChI=1S/C20H22ClN3/c21-12-20-22-18-8-4-5-9-19(18)24(20)15-17-10-11-23(14-17)13-16-6-2-1-3-7-16/h1-9,17H,10-15H2. The molecule has 4 rings (SSSR count). The predicted octanol–water partition coefficient (Wildman–Crippen LogP) is 4.30. The molecule has 124 valence electrons. The van der Waals surface area contributed by atoms with E-state index in [0.717, 1.165) is 31.0 Å². The third-order valence-electron chi connectivity index (χ3n) is 4.91. The molecule has 1 unspecified atom stereocenters. The molecule has 2 heterocycles. The number of likely N-dealkylation sites (tertiary alicyclic amines) is 1. The van der Waals surface area contributed by atoms with Crippen molar-refractivity contribution in [1.29, 1.82) is 0 Å². The van der Waals surface area contributed by atoms with Gasteiger partial charge in [0.2, 0.25) is 0 Å². The first-order valence-corrected chi connectivity index (χ1v) is 9.13. The van der Waals surface area contributed by atoms with Crippen LogP contribution in [0.1, 0.15) is 17.8 Å². The number of alkyl halides is 1. The van der Waals surface area contributed by atoms with E-state index >= 15 is 0 Å². The fraction of sp³-hybridized carbons (Fsp3) is 0.350. The van der Waals surface area contributed by atoms with Gasteiger partial charge in [0.1, 0.15) is 5.82 Å². The zero-order chi connectivity index (χ0) is 16.4. The Morgan fingerprint density at radius 2 is 1.83 bits per heavy atom. The highest BCUT2D eigenvalue weighted by atomic mass is 35.5. The smallest absolute Gasteiger partial charge is 0.124 e. The predicted molar refractivity (Wildman–Crippen MR) is 99.1 cm³/mol. The van der Waals surface area contributed by atoms with Crippen LogP contribution in [0.3, 0.4) is 0 Å². The second kappa shape index (κ2) is 6.96. The van der Waals surface area contributed by atoms with Crippen molar-refractivity contribution < 1.29 is 0 Å². The van der Waals surface area contributed by atoms with Crippen LogP contribution >= 0.6 is 11.6 Å². The Balaban J connectivity index is 1.47. The Kier molecular flexibility index (Phi) is 4.54. The van der Waals surface area contributed by atoms with Crippen molar-refractivity contribution in [2.75, 3.05) is 13.1 Å². The van der Waals surface area contributed by atoms with Crippen molar-refractivity contribution >= 4 is 22.6 Å². The van der Waals surface area contributed by atoms with E-state index in [2.05, 4.69) is 63.0 Å². The van der Waals surface area contributed by atoms with Gasteiger partial charge in [-0.15, -0.1) is 11.6 Å². The summed E-state index contributed by atoms with van der Waals surface area (Å²) in [6, 6.07) is 19.1. The summed E-state index contributed by atoms with van der Waals surface area (Å²) in [4.78, 5) is 7.23. The van der Waals surface area contributed by atoms with Crippen LogP contribution in [0.5, 0.6) is 0 Å². The number of hydrogen-bond donors (Lipinski definition) is 0. The Morgan fingerprint density at radius 3 is 2.67 bits per heavy atom. The van der Waals surface area contributed by atoms with Crippen molar-refractivity contribution in [1.82, 2.24) is 14.5 Å². The zero-order valence-electron chi connectivity index (χ0n) is 13.7. The van der Waals surface area contributed by atoms with Crippen LogP contribution in [0, 0.1) is 5.92 Å². The van der Waals surface area contributed by atoms with E-state index in [1.165, 1.54) is 24.0 Å². The van der Waals surface area contributed by atoms with E-state index < -0.39 is 0 Å². The van der Waals surface area contributed by atoms with E-state index in [1.54, 1.807) is 0 Å². The molecule has 1 fully saturated rings. The average Bonchev–Trinajstić information content (AvgIpc) is 3.21. The van der Waals surface area contributed by atoms with Crippen LogP contribution in [0.25, 0.3) is 11.0 Å². The summed E-state index contributed by atoms with van der Waals surface area (Å²) in [7, 11) is 0. The molecule has 2 aromatic carbocycles. The minimum atomic E-state index is 0.467. The summed E-state index contributed by atoms with van der Waals surface area (Å²) in [5.41, 5.74) is 3.65. The lowest BCUT2D eigenvalue weighted by Gasteiger charge is -2.17. The number of rotatable bonds is 5.